The van der Waals surface area contributed by atoms with Gasteiger partial charge in [0.05, 0.1) is 34.2 Å². The van der Waals surface area contributed by atoms with Crippen LogP contribution in [0, 0.1) is 22.7 Å². The summed E-state index contributed by atoms with van der Waals surface area (Å²) in [7, 11) is 0. The normalized spacial score (nSPS) is 16.7. The lowest BCUT2D eigenvalue weighted by atomic mass is 9.84. The Bertz CT molecular complexity index is 967. The average Bonchev–Trinajstić information content (AvgIpc) is 2.67. The van der Waals surface area contributed by atoms with Crippen molar-refractivity contribution in [2.75, 3.05) is 0 Å². The molecule has 0 fully saturated rings. The number of allylic oxidation sites excluding steroid dienone is 2. The van der Waals surface area contributed by atoms with Gasteiger partial charge >= 0.3 is 0 Å². The Balaban J connectivity index is 2.02. The van der Waals surface area contributed by atoms with Crippen LogP contribution < -0.4 is 11.1 Å². The van der Waals surface area contributed by atoms with E-state index in [1.807, 2.05) is 48.5 Å². The molecule has 0 aliphatic carbocycles. The highest BCUT2D eigenvalue weighted by atomic mass is 35.5. The molecule has 1 heterocycles. The van der Waals surface area contributed by atoms with Crippen molar-refractivity contribution < 1.29 is 0 Å². The molecule has 128 valence electrons. The quantitative estimate of drug-likeness (QED) is 0.824. The number of benzene rings is 2. The number of thioether (sulfide) groups is 1. The minimum Gasteiger partial charge on any atom is -0.384 e. The summed E-state index contributed by atoms with van der Waals surface area (Å²) in [6.45, 7) is 0. The number of nitriles is 2. The molecular formula is C20H15ClN4S. The molecule has 6 heteroatoms. The zero-order valence-electron chi connectivity index (χ0n) is 13.7. The summed E-state index contributed by atoms with van der Waals surface area (Å²) in [4.78, 5) is 0. The van der Waals surface area contributed by atoms with Gasteiger partial charge in [0.2, 0.25) is 0 Å². The van der Waals surface area contributed by atoms with E-state index in [1.54, 1.807) is 6.07 Å². The van der Waals surface area contributed by atoms with Crippen LogP contribution in [0.3, 0.4) is 0 Å². The predicted molar refractivity (Wildman–Crippen MR) is 105 cm³/mol. The Hall–Kier alpha value is -2.86. The number of hydrogen-bond acceptors (Lipinski definition) is 5. The van der Waals surface area contributed by atoms with E-state index in [9.17, 15) is 10.5 Å². The highest BCUT2D eigenvalue weighted by Gasteiger charge is 2.32. The molecule has 2 aromatic carbocycles. The Morgan fingerprint density at radius 2 is 1.65 bits per heavy atom. The van der Waals surface area contributed by atoms with Gasteiger partial charge in [0, 0.05) is 10.8 Å². The maximum absolute atomic E-state index is 9.80. The summed E-state index contributed by atoms with van der Waals surface area (Å²) < 4.78 is 0. The van der Waals surface area contributed by atoms with Crippen LogP contribution in [0.25, 0.3) is 0 Å². The molecule has 0 amide bonds. The summed E-state index contributed by atoms with van der Waals surface area (Å²) in [5.41, 5.74) is 8.67. The maximum Gasteiger partial charge on any atom is 0.116 e. The molecule has 2 aromatic rings. The van der Waals surface area contributed by atoms with E-state index < -0.39 is 5.92 Å². The zero-order chi connectivity index (χ0) is 18.5. The second kappa shape index (κ2) is 8.01. The van der Waals surface area contributed by atoms with Crippen LogP contribution in [-0.2, 0) is 5.75 Å². The Kier molecular flexibility index (Phi) is 5.53. The van der Waals surface area contributed by atoms with Gasteiger partial charge in [0.1, 0.15) is 5.82 Å². The van der Waals surface area contributed by atoms with Crippen LogP contribution in [0.15, 0.2) is 76.6 Å². The molecule has 1 aliphatic heterocycles. The van der Waals surface area contributed by atoms with Gasteiger partial charge in [-0.25, -0.2) is 0 Å². The fourth-order valence-electron chi connectivity index (χ4n) is 2.79. The van der Waals surface area contributed by atoms with E-state index in [4.69, 9.17) is 17.3 Å². The molecule has 1 aliphatic rings. The number of nitrogens with zero attached hydrogens (tertiary/aromatic N) is 2. The van der Waals surface area contributed by atoms with Gasteiger partial charge in [0.25, 0.3) is 0 Å². The van der Waals surface area contributed by atoms with Crippen molar-refractivity contribution in [1.29, 1.82) is 10.5 Å². The van der Waals surface area contributed by atoms with Gasteiger partial charge in [-0.05, 0) is 17.2 Å². The molecule has 0 aromatic heterocycles. The second-order valence-corrected chi connectivity index (χ2v) is 7.04. The van der Waals surface area contributed by atoms with E-state index in [-0.39, 0.29) is 5.82 Å². The van der Waals surface area contributed by atoms with Crippen LogP contribution in [0.1, 0.15) is 17.0 Å². The van der Waals surface area contributed by atoms with E-state index in [0.717, 1.165) is 5.56 Å². The Morgan fingerprint density at radius 1 is 1.00 bits per heavy atom. The van der Waals surface area contributed by atoms with Crippen LogP contribution >= 0.6 is 23.4 Å². The molecule has 0 saturated carbocycles. The molecule has 1 atom stereocenters. The summed E-state index contributed by atoms with van der Waals surface area (Å²) in [5.74, 6) is 0.365. The number of dihydropyridines is 1. The molecule has 0 saturated heterocycles. The first-order chi connectivity index (χ1) is 12.7. The van der Waals surface area contributed by atoms with Crippen molar-refractivity contribution in [3.05, 3.63) is 92.7 Å². The Morgan fingerprint density at radius 3 is 2.31 bits per heavy atom. The van der Waals surface area contributed by atoms with Gasteiger partial charge in [0.15, 0.2) is 0 Å². The summed E-state index contributed by atoms with van der Waals surface area (Å²) >= 11 is 7.82. The number of nitrogens with two attached hydrogens (primary N) is 1. The third kappa shape index (κ3) is 3.55. The summed E-state index contributed by atoms with van der Waals surface area (Å²) in [6.07, 6.45) is 0. The Labute approximate surface area is 161 Å². The lowest BCUT2D eigenvalue weighted by molar-refractivity contribution is 0.840. The highest BCUT2D eigenvalue weighted by Crippen LogP contribution is 2.42. The SMILES string of the molecule is N#CC1=C(N)NC(SCc2ccccc2)=C(C#N)[C@@H]1c1ccccc1Cl. The van der Waals surface area contributed by atoms with Gasteiger partial charge in [-0.3, -0.25) is 0 Å². The first-order valence-corrected chi connectivity index (χ1v) is 9.24. The average molecular weight is 379 g/mol. The van der Waals surface area contributed by atoms with Gasteiger partial charge in [-0.1, -0.05) is 60.1 Å². The van der Waals surface area contributed by atoms with Crippen molar-refractivity contribution >= 4 is 23.4 Å². The molecule has 0 unspecified atom stereocenters. The van der Waals surface area contributed by atoms with E-state index >= 15 is 0 Å². The van der Waals surface area contributed by atoms with Crippen LogP contribution in [0.4, 0.5) is 0 Å². The van der Waals surface area contributed by atoms with E-state index in [0.29, 0.717) is 32.5 Å². The van der Waals surface area contributed by atoms with Crippen molar-refractivity contribution in [2.45, 2.75) is 11.7 Å². The number of nitrogens with one attached hydrogen (secondary N) is 1. The third-order valence-corrected chi connectivity index (χ3v) is 5.48. The molecule has 26 heavy (non-hydrogen) atoms. The largest absolute Gasteiger partial charge is 0.384 e. The lowest BCUT2D eigenvalue weighted by Crippen LogP contribution is -2.29. The van der Waals surface area contributed by atoms with Crippen molar-refractivity contribution in [1.82, 2.24) is 5.32 Å². The van der Waals surface area contributed by atoms with E-state index in [2.05, 4.69) is 17.5 Å². The molecule has 0 bridgehead atoms. The highest BCUT2D eigenvalue weighted by molar-refractivity contribution is 8.02. The summed E-state index contributed by atoms with van der Waals surface area (Å²) in [5, 5.41) is 23.6. The third-order valence-electron chi connectivity index (χ3n) is 4.04. The van der Waals surface area contributed by atoms with Gasteiger partial charge in [-0.15, -0.1) is 11.8 Å². The molecule has 0 spiro atoms. The minimum absolute atomic E-state index is 0.256. The standard InChI is InChI=1S/C20H15ClN4S/c21-17-9-5-4-8-14(17)18-15(10-22)19(24)25-20(16(18)11-23)26-12-13-6-2-1-3-7-13/h1-9,18,25H,12,24H2/t18-/m1/s1. The lowest BCUT2D eigenvalue weighted by Gasteiger charge is -2.27. The summed E-state index contributed by atoms with van der Waals surface area (Å²) in [6, 6.07) is 21.5. The van der Waals surface area contributed by atoms with E-state index in [1.165, 1.54) is 11.8 Å². The minimum atomic E-state index is -0.571. The monoisotopic (exact) mass is 378 g/mol. The number of rotatable bonds is 4. The van der Waals surface area contributed by atoms with Crippen molar-refractivity contribution in [3.63, 3.8) is 0 Å². The maximum atomic E-state index is 9.80. The molecule has 0 radical (unpaired) electrons. The van der Waals surface area contributed by atoms with Crippen LogP contribution in [0.2, 0.25) is 5.02 Å². The number of halogens is 1. The predicted octanol–water partition coefficient (Wildman–Crippen LogP) is 4.39. The topological polar surface area (TPSA) is 85.6 Å². The van der Waals surface area contributed by atoms with Gasteiger partial charge < -0.3 is 11.1 Å². The van der Waals surface area contributed by atoms with Gasteiger partial charge in [-0.2, -0.15) is 10.5 Å². The van der Waals surface area contributed by atoms with Crippen molar-refractivity contribution in [3.8, 4) is 12.1 Å². The van der Waals surface area contributed by atoms with Crippen LogP contribution in [0.5, 0.6) is 0 Å². The fourth-order valence-corrected chi connectivity index (χ4v) is 4.04. The first-order valence-electron chi connectivity index (χ1n) is 7.88. The zero-order valence-corrected chi connectivity index (χ0v) is 15.3. The van der Waals surface area contributed by atoms with Crippen LogP contribution in [-0.4, -0.2) is 0 Å². The first kappa shape index (κ1) is 17.9. The molecular weight excluding hydrogens is 364 g/mol. The smallest absolute Gasteiger partial charge is 0.116 e. The molecule has 3 N–H and O–H groups in total. The fraction of sp³-hybridized carbons (Fsp3) is 0.100. The number of hydrogen-bond donors (Lipinski definition) is 2. The van der Waals surface area contributed by atoms with Crippen molar-refractivity contribution in [2.24, 2.45) is 5.73 Å². The second-order valence-electron chi connectivity index (χ2n) is 5.65. The molecule has 3 rings (SSSR count). The molecule has 4 nitrogen and oxygen atoms in total.